The van der Waals surface area contributed by atoms with Gasteiger partial charge in [-0.15, -0.1) is 0 Å². The van der Waals surface area contributed by atoms with Crippen LogP contribution in [0.2, 0.25) is 0 Å². The van der Waals surface area contributed by atoms with Crippen molar-refractivity contribution in [3.63, 3.8) is 0 Å². The molecule has 0 spiro atoms. The molecule has 2 N–H and O–H groups in total. The molecule has 0 unspecified atom stereocenters. The third kappa shape index (κ3) is 5.72. The predicted molar refractivity (Wildman–Crippen MR) is 90.3 cm³/mol. The minimum Gasteiger partial charge on any atom is -0.508 e. The molecule has 0 aliphatic carbocycles. The van der Waals surface area contributed by atoms with E-state index in [-0.39, 0.29) is 5.75 Å². The summed E-state index contributed by atoms with van der Waals surface area (Å²) in [5.41, 5.74) is 1.86. The van der Waals surface area contributed by atoms with Crippen LogP contribution in [-0.4, -0.2) is 37.5 Å². The summed E-state index contributed by atoms with van der Waals surface area (Å²) in [6.45, 7) is 1.08. The fraction of sp³-hybridized carbons (Fsp3) is 0.278. The van der Waals surface area contributed by atoms with Crippen molar-refractivity contribution in [2.24, 2.45) is 0 Å². The second-order valence-corrected chi connectivity index (χ2v) is 4.88. The molecule has 6 nitrogen and oxygen atoms in total. The number of rotatable bonds is 5. The maximum absolute atomic E-state index is 10.0. The number of carboxylic acids is 1. The Morgan fingerprint density at radius 2 is 1.46 bits per heavy atom. The Kier molecular flexibility index (Phi) is 7.42. The van der Waals surface area contributed by atoms with Gasteiger partial charge in [0.15, 0.2) is 11.5 Å². The Hall–Kier alpha value is -2.89. The minimum absolute atomic E-state index is 0.193. The van der Waals surface area contributed by atoms with Gasteiger partial charge >= 0.3 is 0 Å². The first-order valence-electron chi connectivity index (χ1n) is 7.17. The van der Waals surface area contributed by atoms with Crippen LogP contribution in [-0.2, 0) is 11.2 Å². The van der Waals surface area contributed by atoms with Crippen LogP contribution in [0, 0.1) is 0 Å². The van der Waals surface area contributed by atoms with Crippen molar-refractivity contribution >= 4 is 5.97 Å². The minimum atomic E-state index is -0.833. The molecule has 0 aliphatic heterocycles. The SMILES string of the molecule is CC(=O)O.COc1ccc(Cc2cc(OC)c(OC)cc2O)cc1. The van der Waals surface area contributed by atoms with Crippen LogP contribution in [0.3, 0.4) is 0 Å². The Bertz CT molecular complexity index is 660. The van der Waals surface area contributed by atoms with Gasteiger partial charge in [0.05, 0.1) is 21.3 Å². The van der Waals surface area contributed by atoms with Gasteiger partial charge in [-0.3, -0.25) is 4.79 Å². The second-order valence-electron chi connectivity index (χ2n) is 4.88. The predicted octanol–water partition coefficient (Wildman–Crippen LogP) is 3.10. The lowest BCUT2D eigenvalue weighted by Gasteiger charge is -2.12. The van der Waals surface area contributed by atoms with E-state index in [4.69, 9.17) is 24.1 Å². The first-order chi connectivity index (χ1) is 11.4. The summed E-state index contributed by atoms with van der Waals surface area (Å²) >= 11 is 0. The summed E-state index contributed by atoms with van der Waals surface area (Å²) in [5.74, 6) is 1.29. The van der Waals surface area contributed by atoms with E-state index in [9.17, 15) is 5.11 Å². The van der Waals surface area contributed by atoms with E-state index in [1.54, 1.807) is 33.5 Å². The molecular weight excluding hydrogens is 312 g/mol. The molecule has 0 bridgehead atoms. The quantitative estimate of drug-likeness (QED) is 0.874. The van der Waals surface area contributed by atoms with Gasteiger partial charge in [-0.2, -0.15) is 0 Å². The standard InChI is InChI=1S/C16H18O4.C2H4O2/c1-18-13-6-4-11(5-7-13)8-12-9-15(19-2)16(20-3)10-14(12)17;1-2(3)4/h4-7,9-10,17H,8H2,1-3H3;1H3,(H,3,4). The van der Waals surface area contributed by atoms with Crippen molar-refractivity contribution in [1.29, 1.82) is 0 Å². The normalized spacial score (nSPS) is 9.50. The number of benzene rings is 2. The maximum atomic E-state index is 10.0. The summed E-state index contributed by atoms with van der Waals surface area (Å²) in [5, 5.41) is 17.5. The van der Waals surface area contributed by atoms with Crippen LogP contribution < -0.4 is 14.2 Å². The Balaban J connectivity index is 0.000000648. The molecule has 2 rings (SSSR count). The lowest BCUT2D eigenvalue weighted by atomic mass is 10.0. The van der Waals surface area contributed by atoms with E-state index in [0.29, 0.717) is 17.9 Å². The lowest BCUT2D eigenvalue weighted by molar-refractivity contribution is -0.134. The molecule has 2 aromatic carbocycles. The number of carbonyl (C=O) groups is 1. The zero-order chi connectivity index (χ0) is 18.1. The summed E-state index contributed by atoms with van der Waals surface area (Å²) in [6.07, 6.45) is 0.607. The molecule has 0 aliphatic rings. The maximum Gasteiger partial charge on any atom is 0.300 e. The molecule has 0 fully saturated rings. The highest BCUT2D eigenvalue weighted by Crippen LogP contribution is 2.35. The summed E-state index contributed by atoms with van der Waals surface area (Å²) < 4.78 is 15.5. The molecule has 6 heteroatoms. The zero-order valence-electron chi connectivity index (χ0n) is 14.2. The molecule has 0 atom stereocenters. The molecular formula is C18H22O6. The highest BCUT2D eigenvalue weighted by atomic mass is 16.5. The molecule has 130 valence electrons. The monoisotopic (exact) mass is 334 g/mol. The average Bonchev–Trinajstić information content (AvgIpc) is 2.56. The number of carboxylic acid groups (broad SMARTS) is 1. The van der Waals surface area contributed by atoms with Crippen LogP contribution in [0.4, 0.5) is 0 Å². The first kappa shape index (κ1) is 19.2. The van der Waals surface area contributed by atoms with Crippen molar-refractivity contribution in [3.05, 3.63) is 47.5 Å². The lowest BCUT2D eigenvalue weighted by Crippen LogP contribution is -1.95. The molecule has 0 saturated heterocycles. The Morgan fingerprint density at radius 1 is 0.958 bits per heavy atom. The van der Waals surface area contributed by atoms with Gasteiger partial charge < -0.3 is 24.4 Å². The fourth-order valence-corrected chi connectivity index (χ4v) is 2.02. The van der Waals surface area contributed by atoms with E-state index in [1.165, 1.54) is 0 Å². The van der Waals surface area contributed by atoms with Gasteiger partial charge in [0.1, 0.15) is 11.5 Å². The molecule has 0 radical (unpaired) electrons. The van der Waals surface area contributed by atoms with Gasteiger partial charge in [-0.25, -0.2) is 0 Å². The molecule has 0 aromatic heterocycles. The number of methoxy groups -OCH3 is 3. The summed E-state index contributed by atoms with van der Waals surface area (Å²) in [6, 6.07) is 11.1. The second kappa shape index (κ2) is 9.29. The Labute approximate surface area is 141 Å². The third-order valence-corrected chi connectivity index (χ3v) is 3.14. The first-order valence-corrected chi connectivity index (χ1v) is 7.17. The van der Waals surface area contributed by atoms with E-state index in [1.807, 2.05) is 24.3 Å². The van der Waals surface area contributed by atoms with Crippen molar-refractivity contribution in [1.82, 2.24) is 0 Å². The van der Waals surface area contributed by atoms with Crippen molar-refractivity contribution in [2.45, 2.75) is 13.3 Å². The van der Waals surface area contributed by atoms with Gasteiger partial charge in [0.2, 0.25) is 0 Å². The number of ether oxygens (including phenoxy) is 3. The van der Waals surface area contributed by atoms with Crippen LogP contribution in [0.5, 0.6) is 23.0 Å². The van der Waals surface area contributed by atoms with Gasteiger partial charge in [-0.1, -0.05) is 12.1 Å². The Morgan fingerprint density at radius 3 is 1.92 bits per heavy atom. The number of phenolic OH excluding ortho intramolecular Hbond substituents is 1. The molecule has 24 heavy (non-hydrogen) atoms. The topological polar surface area (TPSA) is 85.2 Å². The van der Waals surface area contributed by atoms with Crippen molar-refractivity contribution < 1.29 is 29.2 Å². The van der Waals surface area contributed by atoms with Crippen LogP contribution in [0.15, 0.2) is 36.4 Å². The molecule has 2 aromatic rings. The number of hydrogen-bond acceptors (Lipinski definition) is 5. The highest BCUT2D eigenvalue weighted by molar-refractivity contribution is 5.63. The zero-order valence-corrected chi connectivity index (χ0v) is 14.2. The van der Waals surface area contributed by atoms with E-state index < -0.39 is 5.97 Å². The van der Waals surface area contributed by atoms with E-state index in [2.05, 4.69) is 0 Å². The van der Waals surface area contributed by atoms with Crippen molar-refractivity contribution in [2.75, 3.05) is 21.3 Å². The largest absolute Gasteiger partial charge is 0.508 e. The van der Waals surface area contributed by atoms with Crippen LogP contribution in [0.25, 0.3) is 0 Å². The van der Waals surface area contributed by atoms with Gasteiger partial charge in [-0.05, 0) is 23.8 Å². The van der Waals surface area contributed by atoms with Crippen LogP contribution >= 0.6 is 0 Å². The number of aliphatic carboxylic acids is 1. The number of phenols is 1. The van der Waals surface area contributed by atoms with Crippen LogP contribution in [0.1, 0.15) is 18.1 Å². The van der Waals surface area contributed by atoms with E-state index in [0.717, 1.165) is 23.8 Å². The number of aromatic hydroxyl groups is 1. The smallest absolute Gasteiger partial charge is 0.300 e. The number of hydrogen-bond donors (Lipinski definition) is 2. The molecule has 0 amide bonds. The third-order valence-electron chi connectivity index (χ3n) is 3.14. The summed E-state index contributed by atoms with van der Waals surface area (Å²) in [4.78, 5) is 9.00. The highest BCUT2D eigenvalue weighted by Gasteiger charge is 2.11. The molecule has 0 saturated carbocycles. The summed E-state index contributed by atoms with van der Waals surface area (Å²) in [7, 11) is 4.75. The average molecular weight is 334 g/mol. The molecule has 0 heterocycles. The van der Waals surface area contributed by atoms with E-state index >= 15 is 0 Å². The fourth-order valence-electron chi connectivity index (χ4n) is 2.02. The van der Waals surface area contributed by atoms with Crippen molar-refractivity contribution in [3.8, 4) is 23.0 Å². The van der Waals surface area contributed by atoms with Gasteiger partial charge in [0.25, 0.3) is 5.97 Å². The van der Waals surface area contributed by atoms with Gasteiger partial charge in [0, 0.05) is 25.0 Å².